The van der Waals surface area contributed by atoms with Crippen LogP contribution in [-0.4, -0.2) is 48.5 Å². The lowest BCUT2D eigenvalue weighted by Gasteiger charge is -2.44. The minimum atomic E-state index is -1.97. The molecule has 0 saturated carbocycles. The molecule has 0 spiro atoms. The number of fused-ring (bicyclic) bond motifs is 4. The van der Waals surface area contributed by atoms with Crippen molar-refractivity contribution in [2.45, 2.75) is 28.8 Å². The van der Waals surface area contributed by atoms with Crippen LogP contribution in [0.15, 0.2) is 47.3 Å². The van der Waals surface area contributed by atoms with Gasteiger partial charge < -0.3 is 20.1 Å². The van der Waals surface area contributed by atoms with Crippen molar-refractivity contribution < 1.29 is 9.72 Å². The molecule has 2 N–H and O–H groups in total. The average molecular weight is 545 g/mol. The van der Waals surface area contributed by atoms with Gasteiger partial charge in [0.15, 0.2) is 5.11 Å². The molecule has 1 fully saturated rings. The fourth-order valence-corrected chi connectivity index (χ4v) is 5.05. The van der Waals surface area contributed by atoms with Gasteiger partial charge in [0.05, 0.1) is 4.92 Å². The van der Waals surface area contributed by atoms with Crippen molar-refractivity contribution in [2.75, 3.05) is 13.1 Å². The molecule has 3 heterocycles. The summed E-state index contributed by atoms with van der Waals surface area (Å²) in [7, 11) is 0. The monoisotopic (exact) mass is 543 g/mol. The number of nitro benzene ring substituents is 1. The SMILES string of the molecule is O=C(N[C@@H](NC(=S)N1C[C@@H]2C[C@H](C1)c1cccc(=O)n1C2)C(Cl)(Cl)Cl)c1cccc([N+](=O)[O-])c1. The van der Waals surface area contributed by atoms with Gasteiger partial charge in [-0.15, -0.1) is 0 Å². The number of amides is 1. The number of hydrogen-bond acceptors (Lipinski definition) is 5. The Morgan fingerprint density at radius 2 is 1.88 bits per heavy atom. The zero-order valence-electron chi connectivity index (χ0n) is 17.6. The quantitative estimate of drug-likeness (QED) is 0.200. The first-order chi connectivity index (χ1) is 16.0. The number of rotatable bonds is 4. The third-order valence-electron chi connectivity index (χ3n) is 5.96. The Kier molecular flexibility index (Phi) is 7.04. The van der Waals surface area contributed by atoms with Crippen molar-refractivity contribution in [1.29, 1.82) is 0 Å². The van der Waals surface area contributed by atoms with Crippen LogP contribution in [0.25, 0.3) is 0 Å². The summed E-state index contributed by atoms with van der Waals surface area (Å²) in [6, 6.07) is 10.5. The van der Waals surface area contributed by atoms with E-state index >= 15 is 0 Å². The number of alkyl halides is 3. The van der Waals surface area contributed by atoms with E-state index in [9.17, 15) is 19.7 Å². The lowest BCUT2D eigenvalue weighted by atomic mass is 9.83. The molecule has 2 bridgehead atoms. The number of carbonyl (C=O) groups is 1. The Morgan fingerprint density at radius 1 is 1.15 bits per heavy atom. The van der Waals surface area contributed by atoms with Crippen molar-refractivity contribution >= 4 is 63.7 Å². The van der Waals surface area contributed by atoms with E-state index in [1.807, 2.05) is 15.5 Å². The predicted octanol–water partition coefficient (Wildman–Crippen LogP) is 3.18. The van der Waals surface area contributed by atoms with Gasteiger partial charge in [0.1, 0.15) is 6.17 Å². The molecule has 3 atom stereocenters. The van der Waals surface area contributed by atoms with E-state index in [1.165, 1.54) is 18.2 Å². The summed E-state index contributed by atoms with van der Waals surface area (Å²) in [4.78, 5) is 37.3. The number of non-ortho nitro benzene ring substituents is 1. The number of nitrogens with zero attached hydrogens (tertiary/aromatic N) is 3. The number of likely N-dealkylation sites (tertiary alicyclic amines) is 1. The first-order valence-electron chi connectivity index (χ1n) is 10.4. The molecule has 0 radical (unpaired) electrons. The molecule has 0 aliphatic carbocycles. The van der Waals surface area contributed by atoms with Crippen molar-refractivity contribution in [3.05, 3.63) is 74.2 Å². The number of halogens is 3. The van der Waals surface area contributed by atoms with E-state index in [-0.39, 0.29) is 33.8 Å². The zero-order valence-corrected chi connectivity index (χ0v) is 20.7. The molecule has 180 valence electrons. The highest BCUT2D eigenvalue weighted by Crippen LogP contribution is 2.35. The van der Waals surface area contributed by atoms with Gasteiger partial charge in [-0.2, -0.15) is 0 Å². The van der Waals surface area contributed by atoms with Crippen LogP contribution in [0.5, 0.6) is 0 Å². The first kappa shape index (κ1) is 24.7. The van der Waals surface area contributed by atoms with E-state index in [1.54, 1.807) is 12.1 Å². The van der Waals surface area contributed by atoms with Crippen molar-refractivity contribution in [3.8, 4) is 0 Å². The Labute approximate surface area is 215 Å². The van der Waals surface area contributed by atoms with Crippen LogP contribution >= 0.6 is 47.0 Å². The second kappa shape index (κ2) is 9.69. The van der Waals surface area contributed by atoms with Gasteiger partial charge in [0.25, 0.3) is 17.2 Å². The van der Waals surface area contributed by atoms with Gasteiger partial charge in [-0.1, -0.05) is 46.9 Å². The van der Waals surface area contributed by atoms with Crippen LogP contribution in [0, 0.1) is 16.0 Å². The van der Waals surface area contributed by atoms with Gasteiger partial charge in [0.2, 0.25) is 3.79 Å². The standard InChI is InChI=1S/C21H20Cl3N5O4S/c22-21(23,24)19(25-18(31)13-3-1-4-15(8-13)29(32)33)26-20(34)27-9-12-7-14(11-27)16-5-2-6-17(30)28(16)10-12/h1-6,8,12,14,19H,7,9-11H2,(H,25,31)(H,26,34)/t12-,14+,19-/m0/s1. The molecule has 2 aliphatic heterocycles. The Hall–Kier alpha value is -2.40. The number of benzene rings is 1. The van der Waals surface area contributed by atoms with Crippen molar-refractivity contribution in [3.63, 3.8) is 0 Å². The van der Waals surface area contributed by atoms with Crippen LogP contribution in [0.4, 0.5) is 5.69 Å². The second-order valence-electron chi connectivity index (χ2n) is 8.31. The molecule has 0 unspecified atom stereocenters. The summed E-state index contributed by atoms with van der Waals surface area (Å²) in [5.41, 5.74) is 0.756. The van der Waals surface area contributed by atoms with E-state index in [4.69, 9.17) is 47.0 Å². The minimum Gasteiger partial charge on any atom is -0.348 e. The third kappa shape index (κ3) is 5.30. The first-order valence-corrected chi connectivity index (χ1v) is 11.9. The molecule has 1 amide bonds. The minimum absolute atomic E-state index is 0.0125. The lowest BCUT2D eigenvalue weighted by molar-refractivity contribution is -0.384. The second-order valence-corrected chi connectivity index (χ2v) is 11.1. The maximum absolute atomic E-state index is 12.7. The molecule has 34 heavy (non-hydrogen) atoms. The highest BCUT2D eigenvalue weighted by molar-refractivity contribution is 7.80. The normalized spacial score (nSPS) is 20.1. The predicted molar refractivity (Wildman–Crippen MR) is 133 cm³/mol. The number of nitrogens with one attached hydrogen (secondary N) is 2. The number of nitro groups is 1. The molecule has 1 aromatic heterocycles. The fraction of sp³-hybridized carbons (Fsp3) is 0.381. The summed E-state index contributed by atoms with van der Waals surface area (Å²) < 4.78 is -0.151. The van der Waals surface area contributed by atoms with E-state index in [0.29, 0.717) is 19.6 Å². The van der Waals surface area contributed by atoms with E-state index in [0.717, 1.165) is 18.2 Å². The molecule has 1 aromatic carbocycles. The van der Waals surface area contributed by atoms with Gasteiger partial charge >= 0.3 is 0 Å². The highest BCUT2D eigenvalue weighted by atomic mass is 35.6. The van der Waals surface area contributed by atoms with Crippen LogP contribution in [0.2, 0.25) is 0 Å². The average Bonchev–Trinajstić information content (AvgIpc) is 2.78. The van der Waals surface area contributed by atoms with E-state index in [2.05, 4.69) is 10.6 Å². The number of aromatic nitrogens is 1. The zero-order chi connectivity index (χ0) is 24.6. The smallest absolute Gasteiger partial charge is 0.270 e. The van der Waals surface area contributed by atoms with Gasteiger partial charge in [-0.3, -0.25) is 19.7 Å². The number of pyridine rings is 1. The molecule has 9 nitrogen and oxygen atoms in total. The largest absolute Gasteiger partial charge is 0.348 e. The molecular weight excluding hydrogens is 525 g/mol. The summed E-state index contributed by atoms with van der Waals surface area (Å²) in [5.74, 6) is -0.331. The van der Waals surface area contributed by atoms with Gasteiger partial charge in [-0.25, -0.2) is 0 Å². The number of hydrogen-bond donors (Lipinski definition) is 2. The Bertz CT molecular complexity index is 1200. The highest BCUT2D eigenvalue weighted by Gasteiger charge is 2.39. The van der Waals surface area contributed by atoms with Crippen LogP contribution < -0.4 is 16.2 Å². The number of piperidine rings is 1. The maximum atomic E-state index is 12.7. The van der Waals surface area contributed by atoms with Crippen LogP contribution in [-0.2, 0) is 6.54 Å². The van der Waals surface area contributed by atoms with Gasteiger partial charge in [0, 0.05) is 55.0 Å². The van der Waals surface area contributed by atoms with Crippen LogP contribution in [0.3, 0.4) is 0 Å². The summed E-state index contributed by atoms with van der Waals surface area (Å²) in [5, 5.41) is 16.8. The number of carbonyl (C=O) groups excluding carboxylic acids is 1. The third-order valence-corrected chi connectivity index (χ3v) is 6.99. The Morgan fingerprint density at radius 3 is 2.59 bits per heavy atom. The fourth-order valence-electron chi connectivity index (χ4n) is 4.45. The maximum Gasteiger partial charge on any atom is 0.270 e. The molecule has 13 heteroatoms. The van der Waals surface area contributed by atoms with Gasteiger partial charge in [-0.05, 0) is 36.7 Å². The van der Waals surface area contributed by atoms with E-state index < -0.39 is 20.8 Å². The molecular formula is C21H20Cl3N5O4S. The molecule has 1 saturated heterocycles. The molecule has 2 aliphatic rings. The summed E-state index contributed by atoms with van der Waals surface area (Å²) in [6.07, 6.45) is -0.256. The summed E-state index contributed by atoms with van der Waals surface area (Å²) >= 11 is 23.9. The molecule has 4 rings (SSSR count). The Balaban J connectivity index is 1.47. The topological polar surface area (TPSA) is 110 Å². The van der Waals surface area contributed by atoms with Crippen molar-refractivity contribution in [1.82, 2.24) is 20.1 Å². The van der Waals surface area contributed by atoms with Crippen molar-refractivity contribution in [2.24, 2.45) is 5.92 Å². The lowest BCUT2D eigenvalue weighted by Crippen LogP contribution is -2.60. The summed E-state index contributed by atoms with van der Waals surface area (Å²) in [6.45, 7) is 1.77. The number of thiocarbonyl (C=S) groups is 1. The molecule has 2 aromatic rings. The van der Waals surface area contributed by atoms with Crippen LogP contribution in [0.1, 0.15) is 28.4 Å².